The van der Waals surface area contributed by atoms with Gasteiger partial charge >= 0.3 is 0 Å². The number of rotatable bonds is 6. The highest BCUT2D eigenvalue weighted by atomic mass is 31.2. The second-order valence-electron chi connectivity index (χ2n) is 2.40. The standard InChI is InChI=1S/C6H18N3O3P3/c1-4-10-8-13-7-14-9(11-5-2)15(8)12-6-3/h7,13-14H,4-6H2,1-3H3. The highest BCUT2D eigenvalue weighted by molar-refractivity contribution is 7.69. The molecule has 6 nitrogen and oxygen atoms in total. The SMILES string of the molecule is CCON1PNPN(OCC)P1OCC. The summed E-state index contributed by atoms with van der Waals surface area (Å²) in [7, 11) is -0.0545. The summed E-state index contributed by atoms with van der Waals surface area (Å²) in [5, 5.41) is 0. The second kappa shape index (κ2) is 8.19. The maximum atomic E-state index is 5.65. The van der Waals surface area contributed by atoms with Gasteiger partial charge in [-0.2, -0.15) is 0 Å². The molecule has 1 N–H and O–H groups in total. The van der Waals surface area contributed by atoms with Gasteiger partial charge in [0.2, 0.25) is 8.45 Å². The van der Waals surface area contributed by atoms with E-state index >= 15 is 0 Å². The third-order valence-corrected chi connectivity index (χ3v) is 5.86. The van der Waals surface area contributed by atoms with E-state index in [1.54, 1.807) is 0 Å². The lowest BCUT2D eigenvalue weighted by Crippen LogP contribution is -2.27. The van der Waals surface area contributed by atoms with Gasteiger partial charge < -0.3 is 4.52 Å². The molecule has 0 aromatic heterocycles. The van der Waals surface area contributed by atoms with Gasteiger partial charge in [-0.15, -0.1) is 0 Å². The smallest absolute Gasteiger partial charge is 0.247 e. The van der Waals surface area contributed by atoms with Crippen molar-refractivity contribution >= 4 is 26.2 Å². The van der Waals surface area contributed by atoms with Gasteiger partial charge in [0.1, 0.15) is 0 Å². The van der Waals surface area contributed by atoms with E-state index in [0.717, 1.165) is 0 Å². The van der Waals surface area contributed by atoms with E-state index < -0.39 is 8.45 Å². The normalized spacial score (nSPS) is 27.8. The van der Waals surface area contributed by atoms with Gasteiger partial charge in [0.15, 0.2) is 0 Å². The third kappa shape index (κ3) is 4.43. The van der Waals surface area contributed by atoms with Crippen molar-refractivity contribution in [3.63, 3.8) is 0 Å². The molecular weight excluding hydrogens is 255 g/mol. The van der Waals surface area contributed by atoms with E-state index in [1.165, 1.54) is 0 Å². The predicted molar refractivity (Wildman–Crippen MR) is 65.2 cm³/mol. The monoisotopic (exact) mass is 273 g/mol. The van der Waals surface area contributed by atoms with Crippen molar-refractivity contribution in [3.8, 4) is 0 Å². The molecule has 0 aromatic rings. The average molecular weight is 273 g/mol. The van der Waals surface area contributed by atoms with Crippen molar-refractivity contribution in [3.05, 3.63) is 0 Å². The van der Waals surface area contributed by atoms with Gasteiger partial charge in [-0.25, -0.2) is 4.86 Å². The van der Waals surface area contributed by atoms with Crippen LogP contribution in [0.4, 0.5) is 0 Å². The van der Waals surface area contributed by atoms with Crippen LogP contribution >= 0.6 is 26.2 Å². The highest BCUT2D eigenvalue weighted by Gasteiger charge is 2.33. The summed E-state index contributed by atoms with van der Waals surface area (Å²) in [6, 6.07) is 0. The van der Waals surface area contributed by atoms with Crippen LogP contribution in [0.15, 0.2) is 0 Å². The van der Waals surface area contributed by atoms with Gasteiger partial charge in [0.05, 0.1) is 37.6 Å². The molecule has 1 fully saturated rings. The molecule has 1 aliphatic rings. The van der Waals surface area contributed by atoms with Crippen molar-refractivity contribution in [2.75, 3.05) is 19.8 Å². The highest BCUT2D eigenvalue weighted by Crippen LogP contribution is 2.59. The maximum absolute atomic E-state index is 5.65. The predicted octanol–water partition coefficient (Wildman–Crippen LogP) is 2.38. The zero-order chi connectivity index (χ0) is 11.1. The van der Waals surface area contributed by atoms with Crippen LogP contribution < -0.4 is 4.86 Å². The Morgan fingerprint density at radius 1 is 1.00 bits per heavy atom. The quantitative estimate of drug-likeness (QED) is 0.750. The van der Waals surface area contributed by atoms with Crippen molar-refractivity contribution in [1.29, 1.82) is 0 Å². The number of hydrogen-bond donors (Lipinski definition) is 1. The van der Waals surface area contributed by atoms with Gasteiger partial charge in [0, 0.05) is 0 Å². The summed E-state index contributed by atoms with van der Waals surface area (Å²) in [4.78, 5) is 14.2. The van der Waals surface area contributed by atoms with Crippen molar-refractivity contribution in [2.45, 2.75) is 20.8 Å². The minimum atomic E-state index is -0.926. The van der Waals surface area contributed by atoms with Crippen LogP contribution in [-0.4, -0.2) is 29.0 Å². The molecule has 0 saturated carbocycles. The fourth-order valence-corrected chi connectivity index (χ4v) is 5.96. The minimum absolute atomic E-state index is 0.436. The van der Waals surface area contributed by atoms with Crippen molar-refractivity contribution in [1.82, 2.24) is 14.1 Å². The summed E-state index contributed by atoms with van der Waals surface area (Å²) in [6.45, 7) is 7.85. The molecule has 9 heteroatoms. The first-order valence-corrected chi connectivity index (χ1v) is 7.94. The Kier molecular flexibility index (Phi) is 7.70. The molecule has 0 aliphatic carbocycles. The van der Waals surface area contributed by atoms with Crippen LogP contribution in [0.3, 0.4) is 0 Å². The van der Waals surface area contributed by atoms with Crippen LogP contribution in [0.2, 0.25) is 0 Å². The van der Waals surface area contributed by atoms with Crippen molar-refractivity contribution in [2.24, 2.45) is 0 Å². The van der Waals surface area contributed by atoms with Gasteiger partial charge in [0.25, 0.3) is 0 Å². The molecule has 0 amide bonds. The summed E-state index contributed by atoms with van der Waals surface area (Å²) in [5.41, 5.74) is 0. The molecule has 2 unspecified atom stereocenters. The molecule has 0 radical (unpaired) electrons. The minimum Gasteiger partial charge on any atom is -0.328 e. The lowest BCUT2D eigenvalue weighted by atomic mass is 10.9. The first-order valence-electron chi connectivity index (χ1n) is 4.88. The molecule has 0 bridgehead atoms. The lowest BCUT2D eigenvalue weighted by Gasteiger charge is -2.38. The average Bonchev–Trinajstić information content (AvgIpc) is 2.23. The van der Waals surface area contributed by atoms with Crippen molar-refractivity contribution < 1.29 is 14.2 Å². The molecule has 90 valence electrons. The Labute approximate surface area is 95.6 Å². The van der Waals surface area contributed by atoms with E-state index in [4.69, 9.17) is 14.2 Å². The zero-order valence-corrected chi connectivity index (χ0v) is 12.1. The molecular formula is C6H18N3O3P3. The molecule has 2 atom stereocenters. The Morgan fingerprint density at radius 2 is 1.53 bits per heavy atom. The van der Waals surface area contributed by atoms with Gasteiger partial charge in [-0.1, -0.05) is 9.21 Å². The lowest BCUT2D eigenvalue weighted by molar-refractivity contribution is -0.0556. The molecule has 1 rings (SSSR count). The fraction of sp³-hybridized carbons (Fsp3) is 1.00. The Morgan fingerprint density at radius 3 is 1.93 bits per heavy atom. The summed E-state index contributed by atoms with van der Waals surface area (Å²) >= 11 is 0. The second-order valence-corrected chi connectivity index (χ2v) is 6.90. The summed E-state index contributed by atoms with van der Waals surface area (Å²) < 4.78 is 9.33. The number of hydrogen-bond acceptors (Lipinski definition) is 6. The third-order valence-electron chi connectivity index (χ3n) is 1.36. The fourth-order valence-electron chi connectivity index (χ4n) is 0.908. The zero-order valence-electron chi connectivity index (χ0n) is 9.19. The van der Waals surface area contributed by atoms with Crippen LogP contribution in [0.25, 0.3) is 0 Å². The molecule has 15 heavy (non-hydrogen) atoms. The van der Waals surface area contributed by atoms with E-state index in [-0.39, 0.29) is 0 Å². The van der Waals surface area contributed by atoms with Crippen LogP contribution in [0.5, 0.6) is 0 Å². The van der Waals surface area contributed by atoms with E-state index in [1.807, 2.05) is 30.0 Å². The molecule has 0 spiro atoms. The largest absolute Gasteiger partial charge is 0.328 e. The van der Waals surface area contributed by atoms with Gasteiger partial charge in [-0.3, -0.25) is 9.68 Å². The van der Waals surface area contributed by atoms with E-state index in [0.29, 0.717) is 37.6 Å². The molecule has 1 aliphatic heterocycles. The maximum Gasteiger partial charge on any atom is 0.247 e. The Bertz CT molecular complexity index is 161. The number of nitrogens with zero attached hydrogens (tertiary/aromatic N) is 2. The molecule has 0 aromatic carbocycles. The first-order chi connectivity index (χ1) is 7.33. The molecule has 1 saturated heterocycles. The van der Waals surface area contributed by atoms with Crippen LogP contribution in [0, 0.1) is 0 Å². The van der Waals surface area contributed by atoms with Crippen LogP contribution in [-0.2, 0) is 14.2 Å². The van der Waals surface area contributed by atoms with E-state index in [2.05, 4.69) is 4.86 Å². The van der Waals surface area contributed by atoms with E-state index in [9.17, 15) is 0 Å². The summed E-state index contributed by atoms with van der Waals surface area (Å²) in [6.07, 6.45) is 0. The van der Waals surface area contributed by atoms with Gasteiger partial charge in [-0.05, 0) is 20.8 Å². The Hall–Kier alpha value is 1.05. The Balaban J connectivity index is 2.53. The first kappa shape index (κ1) is 14.1. The van der Waals surface area contributed by atoms with Crippen LogP contribution in [0.1, 0.15) is 20.8 Å². The molecule has 1 heterocycles. The topological polar surface area (TPSA) is 46.2 Å². The number of nitrogens with one attached hydrogen (secondary N) is 1. The summed E-state index contributed by atoms with van der Waals surface area (Å²) in [5.74, 6) is 0.